The first-order valence-corrected chi connectivity index (χ1v) is 9.73. The molecule has 7 heteroatoms. The van der Waals surface area contributed by atoms with Crippen LogP contribution in [0.1, 0.15) is 29.8 Å². The molecule has 3 heterocycles. The van der Waals surface area contributed by atoms with Crippen molar-refractivity contribution >= 4 is 34.0 Å². The molecule has 30 heavy (non-hydrogen) atoms. The first-order chi connectivity index (χ1) is 14.5. The third kappa shape index (κ3) is 3.24. The van der Waals surface area contributed by atoms with Crippen LogP contribution in [0, 0.1) is 0 Å². The van der Waals surface area contributed by atoms with E-state index in [-0.39, 0.29) is 11.3 Å². The van der Waals surface area contributed by atoms with Crippen molar-refractivity contribution in [2.45, 2.75) is 19.3 Å². The summed E-state index contributed by atoms with van der Waals surface area (Å²) >= 11 is 0. The summed E-state index contributed by atoms with van der Waals surface area (Å²) in [6.07, 6.45) is 3.42. The summed E-state index contributed by atoms with van der Waals surface area (Å²) in [7, 11) is 0. The van der Waals surface area contributed by atoms with Gasteiger partial charge in [-0.3, -0.25) is 9.89 Å². The number of amides is 1. The topological polar surface area (TPSA) is 91.9 Å². The van der Waals surface area contributed by atoms with Crippen LogP contribution in [0.2, 0.25) is 0 Å². The third-order valence-electron chi connectivity index (χ3n) is 5.31. The summed E-state index contributed by atoms with van der Waals surface area (Å²) in [6, 6.07) is 15.1. The van der Waals surface area contributed by atoms with Crippen molar-refractivity contribution in [2.75, 3.05) is 17.2 Å². The van der Waals surface area contributed by atoms with Gasteiger partial charge in [0, 0.05) is 40.0 Å². The molecule has 0 saturated carbocycles. The summed E-state index contributed by atoms with van der Waals surface area (Å²) in [6.45, 7) is 4.92. The summed E-state index contributed by atoms with van der Waals surface area (Å²) in [5, 5.41) is 14.2. The monoisotopic (exact) mass is 399 g/mol. The van der Waals surface area contributed by atoms with E-state index in [4.69, 9.17) is 4.74 Å². The summed E-state index contributed by atoms with van der Waals surface area (Å²) in [5.41, 5.74) is 3.98. The van der Waals surface area contributed by atoms with Gasteiger partial charge in [-0.2, -0.15) is 5.10 Å². The molecule has 3 N–H and O–H groups in total. The van der Waals surface area contributed by atoms with Crippen LogP contribution in [0.3, 0.4) is 0 Å². The number of aromatic nitrogens is 3. The number of rotatable bonds is 4. The Kier molecular flexibility index (Phi) is 4.17. The molecule has 0 aliphatic carbocycles. The van der Waals surface area contributed by atoms with Crippen LogP contribution in [0.25, 0.3) is 10.9 Å². The highest BCUT2D eigenvalue weighted by Crippen LogP contribution is 2.39. The smallest absolute Gasteiger partial charge is 0.259 e. The van der Waals surface area contributed by atoms with Gasteiger partial charge < -0.3 is 15.4 Å². The molecule has 1 aliphatic rings. The molecule has 0 unspecified atom stereocenters. The number of hydrogen-bond acceptors (Lipinski definition) is 5. The molecular weight excluding hydrogens is 378 g/mol. The van der Waals surface area contributed by atoms with Gasteiger partial charge in [0.2, 0.25) is 0 Å². The minimum Gasteiger partial charge on any atom is -0.492 e. The molecule has 5 rings (SSSR count). The van der Waals surface area contributed by atoms with Crippen LogP contribution >= 0.6 is 0 Å². The van der Waals surface area contributed by atoms with Gasteiger partial charge in [0.15, 0.2) is 0 Å². The second-order valence-electron chi connectivity index (χ2n) is 8.03. The number of fused-ring (bicyclic) bond motifs is 2. The van der Waals surface area contributed by atoms with Crippen molar-refractivity contribution < 1.29 is 9.53 Å². The lowest BCUT2D eigenvalue weighted by Crippen LogP contribution is -2.18. The van der Waals surface area contributed by atoms with Crippen LogP contribution in [0.4, 0.5) is 17.2 Å². The van der Waals surface area contributed by atoms with Crippen molar-refractivity contribution in [1.29, 1.82) is 0 Å². The van der Waals surface area contributed by atoms with Gasteiger partial charge in [0.25, 0.3) is 5.91 Å². The highest BCUT2D eigenvalue weighted by atomic mass is 16.5. The zero-order chi connectivity index (χ0) is 20.7. The summed E-state index contributed by atoms with van der Waals surface area (Å²) < 4.78 is 5.79. The predicted octanol–water partition coefficient (Wildman–Crippen LogP) is 4.62. The van der Waals surface area contributed by atoms with Crippen LogP contribution in [0.5, 0.6) is 5.75 Å². The van der Waals surface area contributed by atoms with Gasteiger partial charge >= 0.3 is 0 Å². The first kappa shape index (κ1) is 18.2. The molecule has 2 aromatic heterocycles. The molecule has 0 atom stereocenters. The van der Waals surface area contributed by atoms with E-state index in [9.17, 15) is 4.79 Å². The molecule has 0 bridgehead atoms. The number of ether oxygens (including phenoxy) is 1. The molecule has 4 aromatic rings. The molecule has 1 aliphatic heterocycles. The van der Waals surface area contributed by atoms with Crippen molar-refractivity contribution in [3.8, 4) is 5.75 Å². The number of anilines is 3. The van der Waals surface area contributed by atoms with E-state index in [2.05, 4.69) is 39.7 Å². The Balaban J connectivity index is 1.39. The van der Waals surface area contributed by atoms with Crippen molar-refractivity contribution in [2.24, 2.45) is 0 Å². The predicted molar refractivity (Wildman–Crippen MR) is 117 cm³/mol. The van der Waals surface area contributed by atoms with Gasteiger partial charge in [0.1, 0.15) is 11.6 Å². The Labute approximate surface area is 173 Å². The molecule has 0 spiro atoms. The first-order valence-electron chi connectivity index (χ1n) is 9.73. The van der Waals surface area contributed by atoms with Crippen LogP contribution < -0.4 is 15.4 Å². The fraction of sp³-hybridized carbons (Fsp3) is 0.174. The largest absolute Gasteiger partial charge is 0.492 e. The number of hydrogen-bond donors (Lipinski definition) is 3. The Morgan fingerprint density at radius 1 is 1.13 bits per heavy atom. The summed E-state index contributed by atoms with van der Waals surface area (Å²) in [5.74, 6) is 1.05. The van der Waals surface area contributed by atoms with Crippen LogP contribution in [-0.4, -0.2) is 27.7 Å². The molecule has 150 valence electrons. The molecule has 7 nitrogen and oxygen atoms in total. The van der Waals surface area contributed by atoms with Gasteiger partial charge in [-0.25, -0.2) is 4.98 Å². The molecular formula is C23H21N5O2. The number of carbonyl (C=O) groups excluding carboxylic acids is 1. The number of H-pyrrole nitrogens is 1. The Hall–Kier alpha value is -3.87. The second kappa shape index (κ2) is 6.88. The molecule has 0 saturated heterocycles. The number of benzene rings is 2. The Bertz CT molecular complexity index is 1260. The average Bonchev–Trinajstić information content (AvgIpc) is 3.32. The quantitative estimate of drug-likeness (QED) is 0.466. The van der Waals surface area contributed by atoms with E-state index < -0.39 is 0 Å². The number of carbonyl (C=O) groups is 1. The second-order valence-corrected chi connectivity index (χ2v) is 8.03. The highest BCUT2D eigenvalue weighted by molar-refractivity contribution is 6.08. The van der Waals surface area contributed by atoms with Gasteiger partial charge in [-0.15, -0.1) is 0 Å². The minimum atomic E-state index is -0.245. The zero-order valence-electron chi connectivity index (χ0n) is 16.7. The zero-order valence-corrected chi connectivity index (χ0v) is 16.7. The maximum atomic E-state index is 13.0. The lowest BCUT2D eigenvalue weighted by atomic mass is 9.87. The Morgan fingerprint density at radius 3 is 2.90 bits per heavy atom. The highest BCUT2D eigenvalue weighted by Gasteiger charge is 2.31. The van der Waals surface area contributed by atoms with Gasteiger partial charge in [-0.1, -0.05) is 19.9 Å². The number of nitrogens with zero attached hydrogens (tertiary/aromatic N) is 2. The van der Waals surface area contributed by atoms with Crippen molar-refractivity contribution in [3.63, 3.8) is 0 Å². The number of nitrogens with one attached hydrogen (secondary N) is 3. The normalized spacial score (nSPS) is 14.2. The standard InChI is InChI=1S/C23H21N5O2/c1-23(2)13-30-20-11-16(7-8-18(20)23)27-22(29)17-4-3-9-24-21(17)26-15-6-5-14-12-25-28-19(14)10-15/h3-12H,13H2,1-2H3,(H,24,26)(H,25,28)(H,27,29). The van der Waals surface area contributed by atoms with Crippen LogP contribution in [-0.2, 0) is 5.41 Å². The fourth-order valence-corrected chi connectivity index (χ4v) is 3.65. The Morgan fingerprint density at radius 2 is 2.00 bits per heavy atom. The van der Waals surface area contributed by atoms with E-state index in [0.29, 0.717) is 23.7 Å². The lowest BCUT2D eigenvalue weighted by Gasteiger charge is -2.15. The van der Waals surface area contributed by atoms with E-state index in [1.54, 1.807) is 24.5 Å². The van der Waals surface area contributed by atoms with Gasteiger partial charge in [0.05, 0.1) is 23.9 Å². The molecule has 0 fully saturated rings. The van der Waals surface area contributed by atoms with Crippen molar-refractivity contribution in [3.05, 3.63) is 72.1 Å². The SMILES string of the molecule is CC1(C)COc2cc(NC(=O)c3cccnc3Nc3ccc4cn[nH]c4c3)ccc21. The maximum Gasteiger partial charge on any atom is 0.259 e. The molecule has 0 radical (unpaired) electrons. The van der Waals surface area contributed by atoms with Crippen LogP contribution in [0.15, 0.2) is 60.9 Å². The van der Waals surface area contributed by atoms with Crippen molar-refractivity contribution in [1.82, 2.24) is 15.2 Å². The summed E-state index contributed by atoms with van der Waals surface area (Å²) in [4.78, 5) is 17.3. The number of aromatic amines is 1. The van der Waals surface area contributed by atoms with E-state index in [0.717, 1.165) is 27.9 Å². The van der Waals surface area contributed by atoms with E-state index >= 15 is 0 Å². The van der Waals surface area contributed by atoms with E-state index in [1.807, 2.05) is 36.4 Å². The molecule has 1 amide bonds. The number of pyridine rings is 1. The minimum absolute atomic E-state index is 0.0198. The maximum absolute atomic E-state index is 13.0. The lowest BCUT2D eigenvalue weighted by molar-refractivity contribution is 0.102. The average molecular weight is 399 g/mol. The van der Waals surface area contributed by atoms with Gasteiger partial charge in [-0.05, 0) is 36.4 Å². The fourth-order valence-electron chi connectivity index (χ4n) is 3.65. The van der Waals surface area contributed by atoms with E-state index in [1.165, 1.54) is 0 Å². The molecule has 2 aromatic carbocycles. The third-order valence-corrected chi connectivity index (χ3v) is 5.31.